The van der Waals surface area contributed by atoms with E-state index in [9.17, 15) is 0 Å². The number of nitrogens with one attached hydrogen (secondary N) is 1. The molecule has 2 unspecified atom stereocenters. The summed E-state index contributed by atoms with van der Waals surface area (Å²) < 4.78 is 3.36. The lowest BCUT2D eigenvalue weighted by Gasteiger charge is -2.33. The summed E-state index contributed by atoms with van der Waals surface area (Å²) >= 11 is 3.70. The molecule has 0 amide bonds. The van der Waals surface area contributed by atoms with E-state index < -0.39 is 0 Å². The number of aromatic nitrogens is 2. The monoisotopic (exact) mass is 327 g/mol. The molecule has 0 bridgehead atoms. The van der Waals surface area contributed by atoms with Gasteiger partial charge in [0, 0.05) is 18.5 Å². The molecule has 1 aromatic heterocycles. The highest BCUT2D eigenvalue weighted by Crippen LogP contribution is 2.40. The van der Waals surface area contributed by atoms with Crippen LogP contribution in [0.4, 0.5) is 0 Å². The van der Waals surface area contributed by atoms with Crippen molar-refractivity contribution in [1.82, 2.24) is 15.1 Å². The molecular weight excluding hydrogens is 302 g/mol. The SMILES string of the molecule is CCn1ncc(Br)c1C1CCCCC1CNC(C)C. The molecule has 0 saturated heterocycles. The minimum absolute atomic E-state index is 0.571. The largest absolute Gasteiger partial charge is 0.314 e. The van der Waals surface area contributed by atoms with Crippen molar-refractivity contribution in [3.63, 3.8) is 0 Å². The fraction of sp³-hybridized carbons (Fsp3) is 0.800. The summed E-state index contributed by atoms with van der Waals surface area (Å²) in [4.78, 5) is 0. The first-order valence-electron chi connectivity index (χ1n) is 7.58. The normalized spacial score (nSPS) is 24.1. The minimum atomic E-state index is 0.571. The molecule has 1 aliphatic carbocycles. The molecule has 108 valence electrons. The molecule has 1 N–H and O–H groups in total. The van der Waals surface area contributed by atoms with Crippen molar-refractivity contribution < 1.29 is 0 Å². The van der Waals surface area contributed by atoms with Gasteiger partial charge in [0.25, 0.3) is 0 Å². The third-order valence-electron chi connectivity index (χ3n) is 4.18. The summed E-state index contributed by atoms with van der Waals surface area (Å²) in [6.07, 6.45) is 7.32. The maximum absolute atomic E-state index is 4.49. The zero-order valence-corrected chi connectivity index (χ0v) is 13.9. The van der Waals surface area contributed by atoms with Crippen molar-refractivity contribution in [3.05, 3.63) is 16.4 Å². The Morgan fingerprint density at radius 3 is 2.84 bits per heavy atom. The minimum Gasteiger partial charge on any atom is -0.314 e. The fourth-order valence-corrected chi connectivity index (χ4v) is 3.78. The van der Waals surface area contributed by atoms with E-state index in [1.807, 2.05) is 6.20 Å². The topological polar surface area (TPSA) is 29.9 Å². The van der Waals surface area contributed by atoms with Gasteiger partial charge in [0.1, 0.15) is 0 Å². The van der Waals surface area contributed by atoms with E-state index in [0.717, 1.165) is 19.0 Å². The molecule has 4 heteroatoms. The van der Waals surface area contributed by atoms with E-state index in [1.54, 1.807) is 0 Å². The number of halogens is 1. The summed E-state index contributed by atoms with van der Waals surface area (Å²) in [7, 11) is 0. The zero-order chi connectivity index (χ0) is 13.8. The van der Waals surface area contributed by atoms with E-state index in [-0.39, 0.29) is 0 Å². The smallest absolute Gasteiger partial charge is 0.0635 e. The first kappa shape index (κ1) is 15.0. The molecule has 19 heavy (non-hydrogen) atoms. The van der Waals surface area contributed by atoms with E-state index in [1.165, 1.54) is 35.8 Å². The second-order valence-electron chi connectivity index (χ2n) is 5.91. The molecular formula is C15H26BrN3. The molecule has 2 rings (SSSR count). The van der Waals surface area contributed by atoms with Gasteiger partial charge in [-0.05, 0) is 48.2 Å². The lowest BCUT2D eigenvalue weighted by Crippen LogP contribution is -2.34. The van der Waals surface area contributed by atoms with E-state index in [0.29, 0.717) is 12.0 Å². The van der Waals surface area contributed by atoms with Crippen LogP contribution in [-0.4, -0.2) is 22.4 Å². The van der Waals surface area contributed by atoms with Crippen molar-refractivity contribution in [1.29, 1.82) is 0 Å². The average molecular weight is 328 g/mol. The molecule has 1 saturated carbocycles. The van der Waals surface area contributed by atoms with Gasteiger partial charge in [0.05, 0.1) is 16.4 Å². The fourth-order valence-electron chi connectivity index (χ4n) is 3.19. The first-order chi connectivity index (χ1) is 9.13. The van der Waals surface area contributed by atoms with Crippen molar-refractivity contribution in [2.24, 2.45) is 5.92 Å². The second kappa shape index (κ2) is 6.89. The molecule has 0 spiro atoms. The Balaban J connectivity index is 2.16. The molecule has 0 aliphatic heterocycles. The van der Waals surface area contributed by atoms with Gasteiger partial charge in [0.15, 0.2) is 0 Å². The maximum atomic E-state index is 4.49. The van der Waals surface area contributed by atoms with Gasteiger partial charge in [-0.3, -0.25) is 4.68 Å². The summed E-state index contributed by atoms with van der Waals surface area (Å²) in [5.74, 6) is 1.39. The standard InChI is InChI=1S/C15H26BrN3/c1-4-19-15(14(16)10-18-19)13-8-6-5-7-12(13)9-17-11(2)3/h10-13,17H,4-9H2,1-3H3. The van der Waals surface area contributed by atoms with Crippen molar-refractivity contribution in [2.75, 3.05) is 6.54 Å². The number of aryl methyl sites for hydroxylation is 1. The molecule has 0 aromatic carbocycles. The third kappa shape index (κ3) is 3.60. The van der Waals surface area contributed by atoms with Crippen LogP contribution in [0.1, 0.15) is 58.1 Å². The Kier molecular flexibility index (Phi) is 5.46. The lowest BCUT2D eigenvalue weighted by molar-refractivity contribution is 0.277. The van der Waals surface area contributed by atoms with E-state index in [4.69, 9.17) is 0 Å². The number of nitrogens with zero attached hydrogens (tertiary/aromatic N) is 2. The number of hydrogen-bond donors (Lipinski definition) is 1. The van der Waals surface area contributed by atoms with Crippen molar-refractivity contribution in [3.8, 4) is 0 Å². The molecule has 1 aliphatic rings. The van der Waals surface area contributed by atoms with Crippen LogP contribution < -0.4 is 5.32 Å². The molecule has 3 nitrogen and oxygen atoms in total. The van der Waals surface area contributed by atoms with Gasteiger partial charge in [0.2, 0.25) is 0 Å². The molecule has 1 heterocycles. The van der Waals surface area contributed by atoms with Crippen LogP contribution in [-0.2, 0) is 6.54 Å². The van der Waals surface area contributed by atoms with Crippen LogP contribution in [0.15, 0.2) is 10.7 Å². The van der Waals surface area contributed by atoms with Crippen LogP contribution in [0.25, 0.3) is 0 Å². The first-order valence-corrected chi connectivity index (χ1v) is 8.37. The third-order valence-corrected chi connectivity index (χ3v) is 4.79. The van der Waals surface area contributed by atoms with Crippen LogP contribution in [0, 0.1) is 5.92 Å². The Bertz CT molecular complexity index is 400. The number of rotatable bonds is 5. The highest BCUT2D eigenvalue weighted by molar-refractivity contribution is 9.10. The Morgan fingerprint density at radius 1 is 1.42 bits per heavy atom. The Labute approximate surface area is 125 Å². The quantitative estimate of drug-likeness (QED) is 0.887. The Hall–Kier alpha value is -0.350. The van der Waals surface area contributed by atoms with Crippen molar-refractivity contribution >= 4 is 15.9 Å². The van der Waals surface area contributed by atoms with Gasteiger partial charge in [-0.15, -0.1) is 0 Å². The summed E-state index contributed by atoms with van der Waals surface area (Å²) in [5.41, 5.74) is 1.41. The van der Waals surface area contributed by atoms with Gasteiger partial charge < -0.3 is 5.32 Å². The molecule has 0 radical (unpaired) electrons. The van der Waals surface area contributed by atoms with Crippen LogP contribution in [0.2, 0.25) is 0 Å². The summed E-state index contributed by atoms with van der Waals surface area (Å²) in [5, 5.41) is 8.11. The van der Waals surface area contributed by atoms with Crippen LogP contribution in [0.3, 0.4) is 0 Å². The highest BCUT2D eigenvalue weighted by atomic mass is 79.9. The van der Waals surface area contributed by atoms with Gasteiger partial charge >= 0.3 is 0 Å². The zero-order valence-electron chi connectivity index (χ0n) is 12.3. The van der Waals surface area contributed by atoms with E-state index >= 15 is 0 Å². The molecule has 1 aromatic rings. The van der Waals surface area contributed by atoms with Gasteiger partial charge in [-0.1, -0.05) is 26.7 Å². The van der Waals surface area contributed by atoms with Crippen LogP contribution in [0.5, 0.6) is 0 Å². The van der Waals surface area contributed by atoms with Gasteiger partial charge in [-0.2, -0.15) is 5.10 Å². The van der Waals surface area contributed by atoms with E-state index in [2.05, 4.69) is 51.8 Å². The average Bonchev–Trinajstić information content (AvgIpc) is 2.77. The predicted molar refractivity (Wildman–Crippen MR) is 83.4 cm³/mol. The predicted octanol–water partition coefficient (Wildman–Crippen LogP) is 3.94. The van der Waals surface area contributed by atoms with Gasteiger partial charge in [-0.25, -0.2) is 0 Å². The second-order valence-corrected chi connectivity index (χ2v) is 6.76. The summed E-state index contributed by atoms with van der Waals surface area (Å²) in [6, 6.07) is 0.571. The summed E-state index contributed by atoms with van der Waals surface area (Å²) in [6.45, 7) is 8.71. The molecule has 2 atom stereocenters. The lowest BCUT2D eigenvalue weighted by atomic mass is 9.77. The maximum Gasteiger partial charge on any atom is 0.0635 e. The molecule has 1 fully saturated rings. The van der Waals surface area contributed by atoms with Crippen LogP contribution >= 0.6 is 15.9 Å². The number of hydrogen-bond acceptors (Lipinski definition) is 2. The highest BCUT2D eigenvalue weighted by Gasteiger charge is 2.30. The van der Waals surface area contributed by atoms with Crippen molar-refractivity contribution in [2.45, 2.75) is 65.0 Å². The Morgan fingerprint density at radius 2 is 2.16 bits per heavy atom.